The highest BCUT2D eigenvalue weighted by atomic mass is 16.5. The Morgan fingerprint density at radius 1 is 1.03 bits per heavy atom. The maximum atomic E-state index is 13.6. The minimum absolute atomic E-state index is 0.103. The number of allylic oxidation sites excluding steroid dienone is 1. The number of hydrogen-bond acceptors (Lipinski definition) is 4. The monoisotopic (exact) mass is 448 g/mol. The van der Waals surface area contributed by atoms with E-state index in [1.165, 1.54) is 13.5 Å². The largest absolute Gasteiger partial charge is 0.497 e. The topological polar surface area (TPSA) is 60.8 Å². The number of carbonyl (C=O) groups excluding carboxylic acids is 2. The van der Waals surface area contributed by atoms with Crippen molar-refractivity contribution in [3.05, 3.63) is 64.1 Å². The number of hydrogen-bond donors (Lipinski definition) is 0. The number of esters is 1. The number of methoxy groups -OCH3 is 2. The average molecular weight is 449 g/mol. The number of benzene rings is 1. The Hall–Kier alpha value is -3.28. The van der Waals surface area contributed by atoms with Crippen molar-refractivity contribution < 1.29 is 19.1 Å². The maximum absolute atomic E-state index is 13.6. The summed E-state index contributed by atoms with van der Waals surface area (Å²) in [5.41, 5.74) is 5.45. The number of carbonyl (C=O) groups is 2. The van der Waals surface area contributed by atoms with Crippen LogP contribution in [0.1, 0.15) is 56.0 Å². The lowest BCUT2D eigenvalue weighted by atomic mass is 9.94. The van der Waals surface area contributed by atoms with Gasteiger partial charge in [-0.2, -0.15) is 0 Å². The first-order chi connectivity index (χ1) is 15.9. The van der Waals surface area contributed by atoms with Gasteiger partial charge in [-0.25, -0.2) is 4.79 Å². The van der Waals surface area contributed by atoms with Crippen LogP contribution in [0.25, 0.3) is 11.8 Å². The molecule has 0 bridgehead atoms. The highest BCUT2D eigenvalue weighted by Gasteiger charge is 2.40. The van der Waals surface area contributed by atoms with Crippen molar-refractivity contribution in [2.24, 2.45) is 0 Å². The summed E-state index contributed by atoms with van der Waals surface area (Å²) in [7, 11) is 3.01. The first-order valence-electron chi connectivity index (χ1n) is 11.6. The van der Waals surface area contributed by atoms with E-state index in [0.717, 1.165) is 54.1 Å². The maximum Gasteiger partial charge on any atom is 0.340 e. The molecular formula is C27H32N2O4. The average Bonchev–Trinajstić information content (AvgIpc) is 3.25. The molecule has 0 unspecified atom stereocenters. The molecule has 1 aliphatic carbocycles. The van der Waals surface area contributed by atoms with Crippen LogP contribution in [0.2, 0.25) is 0 Å². The molecule has 33 heavy (non-hydrogen) atoms. The number of nitrogens with zero attached hydrogens (tertiary/aromatic N) is 2. The first kappa shape index (κ1) is 22.9. The molecule has 2 aromatic rings. The van der Waals surface area contributed by atoms with Gasteiger partial charge in [0.2, 0.25) is 0 Å². The zero-order valence-corrected chi connectivity index (χ0v) is 20.1. The molecule has 2 heterocycles. The fraction of sp³-hybridized carbons (Fsp3) is 0.407. The van der Waals surface area contributed by atoms with Crippen molar-refractivity contribution in [2.75, 3.05) is 14.2 Å². The summed E-state index contributed by atoms with van der Waals surface area (Å²) in [4.78, 5) is 28.1. The second kappa shape index (κ2) is 9.30. The lowest BCUT2D eigenvalue weighted by Gasteiger charge is -2.32. The zero-order chi connectivity index (χ0) is 23.7. The van der Waals surface area contributed by atoms with Crippen LogP contribution in [-0.4, -0.2) is 41.6 Å². The third kappa shape index (κ3) is 4.10. The minimum atomic E-state index is -0.464. The van der Waals surface area contributed by atoms with Gasteiger partial charge in [-0.1, -0.05) is 19.3 Å². The van der Waals surface area contributed by atoms with E-state index in [9.17, 15) is 9.59 Å². The van der Waals surface area contributed by atoms with Gasteiger partial charge in [0.1, 0.15) is 5.75 Å². The standard InChI is InChI=1S/C27H32N2O4/c1-17-15-20(18(2)28(17)22-11-13-23(32-4)14-12-22)16-24-25(27(31)33-5)19(3)29(26(24)30)21-9-7-6-8-10-21/h11-16,21H,6-10H2,1-5H3/b24-16+. The highest BCUT2D eigenvalue weighted by molar-refractivity contribution is 6.16. The second-order valence-electron chi connectivity index (χ2n) is 8.84. The van der Waals surface area contributed by atoms with Gasteiger partial charge in [0.15, 0.2) is 0 Å². The third-order valence-corrected chi connectivity index (χ3v) is 6.87. The Morgan fingerprint density at radius 2 is 1.70 bits per heavy atom. The Morgan fingerprint density at radius 3 is 2.30 bits per heavy atom. The summed E-state index contributed by atoms with van der Waals surface area (Å²) in [6, 6.07) is 10.1. The van der Waals surface area contributed by atoms with Crippen LogP contribution in [0.5, 0.6) is 5.75 Å². The molecule has 2 aliphatic rings. The molecule has 1 saturated carbocycles. The summed E-state index contributed by atoms with van der Waals surface area (Å²) in [6.45, 7) is 5.92. The quantitative estimate of drug-likeness (QED) is 0.471. The molecule has 0 spiro atoms. The molecule has 1 aromatic heterocycles. The van der Waals surface area contributed by atoms with E-state index in [-0.39, 0.29) is 11.9 Å². The van der Waals surface area contributed by atoms with Crippen LogP contribution in [0.3, 0.4) is 0 Å². The molecule has 174 valence electrons. The lowest BCUT2D eigenvalue weighted by Crippen LogP contribution is -2.37. The molecule has 0 atom stereocenters. The fourth-order valence-corrected chi connectivity index (χ4v) is 5.19. The number of aryl methyl sites for hydroxylation is 1. The molecule has 1 fully saturated rings. The van der Waals surface area contributed by atoms with Crippen molar-refractivity contribution in [1.82, 2.24) is 9.47 Å². The van der Waals surface area contributed by atoms with E-state index >= 15 is 0 Å². The summed E-state index contributed by atoms with van der Waals surface area (Å²) in [5, 5.41) is 0. The van der Waals surface area contributed by atoms with Crippen LogP contribution >= 0.6 is 0 Å². The van der Waals surface area contributed by atoms with Gasteiger partial charge in [0, 0.05) is 28.8 Å². The van der Waals surface area contributed by atoms with Crippen LogP contribution < -0.4 is 4.74 Å². The van der Waals surface area contributed by atoms with Gasteiger partial charge in [-0.15, -0.1) is 0 Å². The highest BCUT2D eigenvalue weighted by Crippen LogP contribution is 2.37. The minimum Gasteiger partial charge on any atom is -0.497 e. The smallest absolute Gasteiger partial charge is 0.340 e. The van der Waals surface area contributed by atoms with Crippen LogP contribution in [0, 0.1) is 13.8 Å². The van der Waals surface area contributed by atoms with Gasteiger partial charge in [0.05, 0.1) is 25.4 Å². The van der Waals surface area contributed by atoms with Crippen molar-refractivity contribution in [2.45, 2.75) is 58.9 Å². The first-order valence-corrected chi connectivity index (χ1v) is 11.6. The number of rotatable bonds is 5. The molecule has 1 aromatic carbocycles. The van der Waals surface area contributed by atoms with Crippen molar-refractivity contribution in [1.29, 1.82) is 0 Å². The van der Waals surface area contributed by atoms with E-state index in [4.69, 9.17) is 9.47 Å². The summed E-state index contributed by atoms with van der Waals surface area (Å²) < 4.78 is 12.5. The molecule has 0 saturated heterocycles. The van der Waals surface area contributed by atoms with E-state index < -0.39 is 5.97 Å². The third-order valence-electron chi connectivity index (χ3n) is 6.87. The lowest BCUT2D eigenvalue weighted by molar-refractivity contribution is -0.136. The zero-order valence-electron chi connectivity index (χ0n) is 20.1. The molecular weight excluding hydrogens is 416 g/mol. The molecule has 0 radical (unpaired) electrons. The Kier molecular flexibility index (Phi) is 6.45. The molecule has 1 amide bonds. The van der Waals surface area contributed by atoms with Crippen LogP contribution in [0.4, 0.5) is 0 Å². The Bertz CT molecular complexity index is 1130. The fourth-order valence-electron chi connectivity index (χ4n) is 5.19. The number of amides is 1. The summed E-state index contributed by atoms with van der Waals surface area (Å²) in [5.74, 6) is 0.231. The SMILES string of the molecule is COC(=O)C1=C(C)N(C2CCCCC2)C(=O)/C1=C/c1cc(C)n(-c2ccc(OC)cc2)c1C. The van der Waals surface area contributed by atoms with Gasteiger partial charge in [-0.3, -0.25) is 4.79 Å². The van der Waals surface area contributed by atoms with E-state index in [2.05, 4.69) is 4.57 Å². The normalized spacial score (nSPS) is 18.4. The van der Waals surface area contributed by atoms with E-state index in [1.807, 2.05) is 62.1 Å². The molecule has 6 nitrogen and oxygen atoms in total. The van der Waals surface area contributed by atoms with Crippen molar-refractivity contribution >= 4 is 18.0 Å². The van der Waals surface area contributed by atoms with Crippen LogP contribution in [-0.2, 0) is 14.3 Å². The van der Waals surface area contributed by atoms with Crippen molar-refractivity contribution in [3.8, 4) is 11.4 Å². The Balaban J connectivity index is 1.77. The Labute approximate surface area is 195 Å². The predicted octanol–water partition coefficient (Wildman–Crippen LogP) is 5.11. The second-order valence-corrected chi connectivity index (χ2v) is 8.84. The summed E-state index contributed by atoms with van der Waals surface area (Å²) >= 11 is 0. The van der Waals surface area contributed by atoms with Gasteiger partial charge in [0.25, 0.3) is 5.91 Å². The molecule has 1 aliphatic heterocycles. The number of ether oxygens (including phenoxy) is 2. The van der Waals surface area contributed by atoms with Gasteiger partial charge in [-0.05, 0) is 75.6 Å². The molecule has 6 heteroatoms. The van der Waals surface area contributed by atoms with Crippen LogP contribution in [0.15, 0.2) is 47.2 Å². The van der Waals surface area contributed by atoms with Gasteiger partial charge < -0.3 is 18.9 Å². The van der Waals surface area contributed by atoms with Gasteiger partial charge >= 0.3 is 5.97 Å². The van der Waals surface area contributed by atoms with E-state index in [1.54, 1.807) is 7.11 Å². The molecule has 0 N–H and O–H groups in total. The summed E-state index contributed by atoms with van der Waals surface area (Å²) in [6.07, 6.45) is 7.21. The number of aromatic nitrogens is 1. The predicted molar refractivity (Wildman–Crippen MR) is 128 cm³/mol. The van der Waals surface area contributed by atoms with E-state index in [0.29, 0.717) is 16.8 Å². The van der Waals surface area contributed by atoms with Crippen molar-refractivity contribution in [3.63, 3.8) is 0 Å². The molecule has 4 rings (SSSR count).